The molecule has 0 bridgehead atoms. The van der Waals surface area contributed by atoms with Crippen LogP contribution in [0.2, 0.25) is 0 Å². The van der Waals surface area contributed by atoms with Crippen molar-refractivity contribution in [3.8, 4) is 22.3 Å². The monoisotopic (exact) mass is 412 g/mol. The van der Waals surface area contributed by atoms with E-state index in [1.807, 2.05) is 18.2 Å². The number of aromatic nitrogens is 4. The van der Waals surface area contributed by atoms with Crippen LogP contribution in [0.25, 0.3) is 33.3 Å². The van der Waals surface area contributed by atoms with Crippen molar-refractivity contribution in [3.63, 3.8) is 0 Å². The van der Waals surface area contributed by atoms with Crippen molar-refractivity contribution in [2.45, 2.75) is 20.2 Å². The maximum Gasteiger partial charge on any atom is 0.473 e. The number of fused-ring (bicyclic) bond motifs is 1. The molecule has 0 aliphatic carbocycles. The number of benzene rings is 1. The Kier molecular flexibility index (Phi) is 5.34. The highest BCUT2D eigenvalue weighted by atomic mass is 32.1. The molecule has 4 rings (SSSR count). The summed E-state index contributed by atoms with van der Waals surface area (Å²) in [5.41, 5.74) is 5.84. The molecule has 3 aromatic heterocycles. The molecule has 0 fully saturated rings. The van der Waals surface area contributed by atoms with Crippen LogP contribution in [0, 0.1) is 0 Å². The number of rotatable bonds is 6. The molecule has 0 radical (unpaired) electrons. The summed E-state index contributed by atoms with van der Waals surface area (Å²) in [5, 5.41) is 0. The largest absolute Gasteiger partial charge is 0.473 e. The van der Waals surface area contributed by atoms with E-state index >= 15 is 0 Å². The molecule has 0 N–H and O–H groups in total. The van der Waals surface area contributed by atoms with Crippen molar-refractivity contribution in [1.29, 1.82) is 0 Å². The summed E-state index contributed by atoms with van der Waals surface area (Å²) in [5.74, 6) is 0. The second kappa shape index (κ2) is 8.06. The molecule has 0 aliphatic heterocycles. The van der Waals surface area contributed by atoms with Crippen molar-refractivity contribution >= 4 is 30.7 Å². The van der Waals surface area contributed by atoms with Gasteiger partial charge in [-0.1, -0.05) is 12.1 Å². The van der Waals surface area contributed by atoms with Crippen LogP contribution < -0.4 is 9.13 Å². The van der Waals surface area contributed by atoms with E-state index in [4.69, 9.17) is 0 Å². The van der Waals surface area contributed by atoms with Crippen LogP contribution in [0.15, 0.2) is 61.2 Å². The molecule has 3 heterocycles. The van der Waals surface area contributed by atoms with Crippen LogP contribution in [0.1, 0.15) is 6.92 Å². The zero-order valence-corrected chi connectivity index (χ0v) is 16.8. The first-order chi connectivity index (χ1) is 13.7. The Morgan fingerprint density at radius 1 is 0.857 bits per heavy atom. The summed E-state index contributed by atoms with van der Waals surface area (Å²) >= 11 is 1.19. The first-order valence-corrected chi connectivity index (χ1v) is 10.5. The fraction of sp³-hybridized carbons (Fsp3) is 0.158. The third-order valence-corrected chi connectivity index (χ3v) is 5.35. The van der Waals surface area contributed by atoms with Crippen molar-refractivity contribution in [3.05, 3.63) is 61.2 Å². The van der Waals surface area contributed by atoms with Gasteiger partial charge < -0.3 is 0 Å². The number of hydrogen-bond acceptors (Lipinski definition) is 6. The molecule has 1 aromatic carbocycles. The number of hydrogen-bond donors (Lipinski definition) is 0. The van der Waals surface area contributed by atoms with Crippen molar-refractivity contribution in [2.75, 3.05) is 0 Å². The van der Waals surface area contributed by atoms with Crippen molar-refractivity contribution in [1.82, 2.24) is 8.75 Å². The average Bonchev–Trinajstić information content (AvgIpc) is 3.22. The van der Waals surface area contributed by atoms with Crippen LogP contribution in [-0.4, -0.2) is 8.75 Å². The molecule has 7 nitrogen and oxygen atoms in total. The highest BCUT2D eigenvalue weighted by Gasteiger charge is 2.15. The zero-order valence-electron chi connectivity index (χ0n) is 15.1. The lowest BCUT2D eigenvalue weighted by molar-refractivity contribution is -0.724. The Morgan fingerprint density at radius 3 is 1.82 bits per heavy atom. The molecule has 0 atom stereocenters. The molecular formula is C19H17N4O3PS+2. The van der Waals surface area contributed by atoms with Crippen molar-refractivity contribution in [2.24, 2.45) is 0 Å². The van der Waals surface area contributed by atoms with Gasteiger partial charge in [-0.2, -0.15) is 13.3 Å². The number of aryl methyl sites for hydroxylation is 1. The van der Waals surface area contributed by atoms with Crippen LogP contribution >= 0.6 is 19.6 Å². The van der Waals surface area contributed by atoms with E-state index < -0.39 is 7.91 Å². The topological polar surface area (TPSA) is 76.9 Å². The van der Waals surface area contributed by atoms with E-state index in [0.717, 1.165) is 39.8 Å². The Hall–Kier alpha value is -2.80. The smallest absolute Gasteiger partial charge is 0.207 e. The minimum absolute atomic E-state index is 0.0443. The van der Waals surface area contributed by atoms with E-state index in [1.54, 1.807) is 17.0 Å². The molecule has 4 aromatic rings. The number of nitrogens with zero attached hydrogens (tertiary/aromatic N) is 4. The Bertz CT molecular complexity index is 1180. The SMILES string of the molecule is CC[n+]1ccc(-c2ccc(-c3cc[n+](COP(=O)=O)cc3)c3nsnc23)cc1. The summed E-state index contributed by atoms with van der Waals surface area (Å²) in [4.78, 5) is 0. The van der Waals surface area contributed by atoms with Crippen LogP contribution in [-0.2, 0) is 26.9 Å². The summed E-state index contributed by atoms with van der Waals surface area (Å²) in [6, 6.07) is 12.1. The maximum atomic E-state index is 10.5. The standard InChI is InChI=1S/C19H17N4O3PS/c1-2-22-9-5-14(6-10-22)16-3-4-17(19-18(16)20-28-21-19)15-7-11-23(12-8-15)13-26-27(24)25/h3-12H,2,13H2,1H3/q+2. The summed E-state index contributed by atoms with van der Waals surface area (Å²) in [7, 11) is -2.86. The highest BCUT2D eigenvalue weighted by molar-refractivity contribution is 7.24. The molecule has 140 valence electrons. The molecule has 0 saturated carbocycles. The van der Waals surface area contributed by atoms with E-state index in [0.29, 0.717) is 0 Å². The fourth-order valence-corrected chi connectivity index (χ4v) is 3.82. The Morgan fingerprint density at radius 2 is 1.36 bits per heavy atom. The van der Waals surface area contributed by atoms with Gasteiger partial charge in [0.1, 0.15) is 17.6 Å². The predicted octanol–water partition coefficient (Wildman–Crippen LogP) is 3.68. The van der Waals surface area contributed by atoms with Gasteiger partial charge in [0.15, 0.2) is 24.8 Å². The summed E-state index contributed by atoms with van der Waals surface area (Å²) < 4.78 is 38.5. The normalized spacial score (nSPS) is 11.0. The van der Waals surface area contributed by atoms with Crippen molar-refractivity contribution < 1.29 is 22.8 Å². The van der Waals surface area contributed by atoms with E-state index in [-0.39, 0.29) is 6.73 Å². The van der Waals surface area contributed by atoms with Gasteiger partial charge in [0, 0.05) is 35.4 Å². The van der Waals surface area contributed by atoms with Gasteiger partial charge in [0.2, 0.25) is 0 Å². The molecule has 9 heteroatoms. The minimum atomic E-state index is -2.86. The average molecular weight is 412 g/mol. The van der Waals surface area contributed by atoms with Gasteiger partial charge >= 0.3 is 7.91 Å². The predicted molar refractivity (Wildman–Crippen MR) is 104 cm³/mol. The molecule has 28 heavy (non-hydrogen) atoms. The summed E-state index contributed by atoms with van der Waals surface area (Å²) in [6.07, 6.45) is 7.66. The minimum Gasteiger partial charge on any atom is -0.207 e. The maximum absolute atomic E-state index is 10.5. The van der Waals surface area contributed by atoms with E-state index in [2.05, 4.69) is 55.4 Å². The van der Waals surface area contributed by atoms with Gasteiger partial charge in [-0.3, -0.25) is 0 Å². The molecule has 0 aliphatic rings. The quantitative estimate of drug-likeness (QED) is 0.357. The molecular weight excluding hydrogens is 395 g/mol. The first kappa shape index (κ1) is 18.6. The summed E-state index contributed by atoms with van der Waals surface area (Å²) in [6.45, 7) is 2.99. The third-order valence-electron chi connectivity index (χ3n) is 4.50. The fourth-order valence-electron chi connectivity index (χ4n) is 3.02. The van der Waals surface area contributed by atoms with Gasteiger partial charge in [0.05, 0.1) is 11.7 Å². The lowest BCUT2D eigenvalue weighted by atomic mass is 9.99. The lowest BCUT2D eigenvalue weighted by Crippen LogP contribution is -2.32. The Balaban J connectivity index is 1.70. The third kappa shape index (κ3) is 3.75. The second-order valence-corrected chi connectivity index (χ2v) is 7.36. The second-order valence-electron chi connectivity index (χ2n) is 6.12. The molecule has 0 amide bonds. The molecule has 0 spiro atoms. The zero-order chi connectivity index (χ0) is 19.5. The van der Waals surface area contributed by atoms with Gasteiger partial charge in [-0.25, -0.2) is 18.2 Å². The van der Waals surface area contributed by atoms with Gasteiger partial charge in [0.25, 0.3) is 6.73 Å². The van der Waals surface area contributed by atoms with Crippen LogP contribution in [0.5, 0.6) is 0 Å². The lowest BCUT2D eigenvalue weighted by Gasteiger charge is -2.06. The Labute approximate surface area is 166 Å². The van der Waals surface area contributed by atoms with Crippen LogP contribution in [0.4, 0.5) is 0 Å². The van der Waals surface area contributed by atoms with Gasteiger partial charge in [-0.15, -0.1) is 0 Å². The van der Waals surface area contributed by atoms with Gasteiger partial charge in [-0.05, 0) is 18.1 Å². The highest BCUT2D eigenvalue weighted by Crippen LogP contribution is 2.33. The first-order valence-electron chi connectivity index (χ1n) is 8.67. The van der Waals surface area contributed by atoms with E-state index in [9.17, 15) is 9.13 Å². The number of pyridine rings is 2. The molecule has 0 saturated heterocycles. The van der Waals surface area contributed by atoms with E-state index in [1.165, 1.54) is 11.7 Å². The molecule has 0 unspecified atom stereocenters. The van der Waals surface area contributed by atoms with Crippen LogP contribution in [0.3, 0.4) is 0 Å².